The molecule has 3 aromatic heterocycles. The Morgan fingerprint density at radius 2 is 0.485 bits per heavy atom. The van der Waals surface area contributed by atoms with E-state index in [1.165, 1.54) is 0 Å². The standard InChI is InChI=1S/C68H88N8O20.Zn/c1-77-17-21-81-25-29-85-33-37-89-41-45-93-53-13-5-9-49-57(53)65-70-61(49)69-62-50-10-6-15-55(95-47-43-91-39-35-87-31-27-83-23-19-79-3)59(50)67(71-62)76-68-60-52(12-8-16-56(60)96-48-44-92-40-36-88-32-28-84-24-20-80-4)64(75-68)74-66-58-51(63(72-65)73-66)11-7-14-54(58)94-46-42-90-38-34-86-30-26-82-22-18-78-2;/h5-16H,17-48H2,1-4H3;/q-2;+2. The van der Waals surface area contributed by atoms with E-state index in [1.807, 2.05) is 72.8 Å². The molecule has 0 unspecified atom stereocenters. The molecule has 28 nitrogen and oxygen atoms in total. The third-order valence-electron chi connectivity index (χ3n) is 14.3. The molecule has 0 fully saturated rings. The number of fused-ring (bicyclic) bond motifs is 20. The number of benzene rings is 4. The van der Waals surface area contributed by atoms with E-state index in [-0.39, 0.29) is 95.3 Å². The summed E-state index contributed by atoms with van der Waals surface area (Å²) in [6.45, 7) is 12.5. The summed E-state index contributed by atoms with van der Waals surface area (Å²) < 4.78 is 115. The Labute approximate surface area is 576 Å². The van der Waals surface area contributed by atoms with Crippen molar-refractivity contribution in [2.75, 3.05) is 240 Å². The summed E-state index contributed by atoms with van der Waals surface area (Å²) in [6, 6.07) is 22.6. The molecule has 8 bridgehead atoms. The minimum absolute atomic E-state index is 0. The molecule has 2 aliphatic heterocycles. The quantitative estimate of drug-likeness (QED) is 0.0293. The van der Waals surface area contributed by atoms with Crippen molar-refractivity contribution in [3.8, 4) is 68.5 Å². The Balaban J connectivity index is 0.0000120. The third kappa shape index (κ3) is 23.8. The van der Waals surface area contributed by atoms with Crippen LogP contribution < -0.4 is 28.9 Å². The van der Waals surface area contributed by atoms with E-state index < -0.39 is 0 Å². The third-order valence-corrected chi connectivity index (χ3v) is 14.3. The molecule has 0 saturated heterocycles. The van der Waals surface area contributed by atoms with Crippen LogP contribution >= 0.6 is 0 Å². The Hall–Kier alpha value is -6.58. The molecule has 4 aromatic carbocycles. The fourth-order valence-electron chi connectivity index (χ4n) is 9.78. The van der Waals surface area contributed by atoms with Gasteiger partial charge in [0.2, 0.25) is 0 Å². The van der Waals surface area contributed by atoms with Crippen LogP contribution in [0.2, 0.25) is 0 Å². The number of nitrogens with zero attached hydrogens (tertiary/aromatic N) is 8. The molecule has 9 rings (SSSR count). The molecule has 7 aromatic rings. The molecule has 0 spiro atoms. The molecule has 0 atom stereocenters. The Morgan fingerprint density at radius 3 is 0.794 bits per heavy atom. The van der Waals surface area contributed by atoms with Crippen molar-refractivity contribution in [1.29, 1.82) is 0 Å². The molecule has 0 saturated carbocycles. The van der Waals surface area contributed by atoms with Crippen molar-refractivity contribution in [1.82, 2.24) is 39.9 Å². The maximum absolute atomic E-state index is 6.53. The van der Waals surface area contributed by atoms with Crippen LogP contribution in [-0.2, 0) is 95.3 Å². The molecule has 0 aliphatic carbocycles. The second kappa shape index (κ2) is 44.4. The van der Waals surface area contributed by atoms with Crippen LogP contribution in [0.5, 0.6) is 23.0 Å². The van der Waals surface area contributed by atoms with Crippen LogP contribution in [-0.4, -0.2) is 270 Å². The van der Waals surface area contributed by atoms with Gasteiger partial charge in [-0.3, -0.25) is 0 Å². The maximum atomic E-state index is 6.53. The molecule has 97 heavy (non-hydrogen) atoms. The van der Waals surface area contributed by atoms with Gasteiger partial charge in [0, 0.05) is 72.9 Å². The van der Waals surface area contributed by atoms with Crippen molar-refractivity contribution >= 4 is 44.1 Å². The second-order valence-corrected chi connectivity index (χ2v) is 20.9. The van der Waals surface area contributed by atoms with Gasteiger partial charge in [0.1, 0.15) is 49.4 Å². The monoisotopic (exact) mass is 1400 g/mol. The average molecular weight is 1400 g/mol. The minimum atomic E-state index is 0. The summed E-state index contributed by atoms with van der Waals surface area (Å²) in [4.78, 5) is 41.8. The van der Waals surface area contributed by atoms with Gasteiger partial charge in [-0.05, 0) is 35.0 Å². The van der Waals surface area contributed by atoms with Crippen LogP contribution in [0, 0.1) is 0 Å². The molecule has 0 radical (unpaired) electrons. The zero-order chi connectivity index (χ0) is 66.5. The Bertz CT molecular complexity index is 3590. The zero-order valence-electron chi connectivity index (χ0n) is 56.0. The van der Waals surface area contributed by atoms with E-state index >= 15 is 0 Å². The van der Waals surface area contributed by atoms with Gasteiger partial charge in [-0.25, -0.2) is 9.97 Å². The first kappa shape index (κ1) is 76.2. The van der Waals surface area contributed by atoms with E-state index in [1.54, 1.807) is 28.4 Å². The first-order valence-electron chi connectivity index (χ1n) is 32.2. The van der Waals surface area contributed by atoms with Crippen LogP contribution in [0.15, 0.2) is 72.8 Å². The summed E-state index contributed by atoms with van der Waals surface area (Å²) in [5, 5.41) is 2.41. The summed E-state index contributed by atoms with van der Waals surface area (Å²) >= 11 is 0. The molecular weight excluding hydrogens is 1310 g/mol. The molecule has 2 aliphatic rings. The van der Waals surface area contributed by atoms with Crippen molar-refractivity contribution in [3.63, 3.8) is 0 Å². The first-order chi connectivity index (χ1) is 47.6. The van der Waals surface area contributed by atoms with Crippen LogP contribution in [0.1, 0.15) is 0 Å². The number of hydrogen-bond acceptors (Lipinski definition) is 26. The first-order valence-corrected chi connectivity index (χ1v) is 32.2. The smallest absolute Gasteiger partial charge is 0.491 e. The van der Waals surface area contributed by atoms with Crippen LogP contribution in [0.4, 0.5) is 0 Å². The molecule has 0 amide bonds. The second-order valence-electron chi connectivity index (χ2n) is 20.9. The maximum Gasteiger partial charge on any atom is 2.00 e. The normalized spacial score (nSPS) is 11.8. The van der Waals surface area contributed by atoms with Gasteiger partial charge in [0.25, 0.3) is 0 Å². The molecular formula is C68H88N8O20Zn. The zero-order valence-corrected chi connectivity index (χ0v) is 59.0. The average Bonchev–Trinajstić information content (AvgIpc) is 1.60. The Morgan fingerprint density at radius 1 is 0.247 bits per heavy atom. The molecule has 29 heteroatoms. The van der Waals surface area contributed by atoms with E-state index in [2.05, 4.69) is 0 Å². The van der Waals surface area contributed by atoms with Gasteiger partial charge < -0.3 is 125 Å². The molecule has 522 valence electrons. The topological polar surface area (TPSA) is 290 Å². The van der Waals surface area contributed by atoms with Gasteiger partial charge in [-0.15, -0.1) is 0 Å². The number of methoxy groups -OCH3 is 4. The van der Waals surface area contributed by atoms with E-state index in [9.17, 15) is 0 Å². The van der Waals surface area contributed by atoms with Crippen LogP contribution in [0.3, 0.4) is 0 Å². The molecule has 5 heterocycles. The number of aromatic nitrogens is 8. The fraction of sp³-hybridized carbons (Fsp3) is 0.529. The predicted molar refractivity (Wildman–Crippen MR) is 353 cm³/mol. The van der Waals surface area contributed by atoms with Crippen molar-refractivity contribution in [3.05, 3.63) is 72.8 Å². The summed E-state index contributed by atoms with van der Waals surface area (Å²) in [7, 11) is 6.54. The van der Waals surface area contributed by atoms with E-state index in [0.29, 0.717) is 248 Å². The van der Waals surface area contributed by atoms with Gasteiger partial charge in [-0.2, -0.15) is 0 Å². The van der Waals surface area contributed by atoms with E-state index in [4.69, 9.17) is 135 Å². The Kier molecular flexibility index (Phi) is 34.9. The largest absolute Gasteiger partial charge is 2.00 e. The van der Waals surface area contributed by atoms with Crippen molar-refractivity contribution < 1.29 is 114 Å². The van der Waals surface area contributed by atoms with Gasteiger partial charge >= 0.3 is 19.5 Å². The number of rotatable bonds is 52. The van der Waals surface area contributed by atoms with E-state index in [0.717, 1.165) is 0 Å². The number of hydrogen-bond donors (Lipinski definition) is 0. The van der Waals surface area contributed by atoms with Crippen molar-refractivity contribution in [2.45, 2.75) is 0 Å². The van der Waals surface area contributed by atoms with Gasteiger partial charge in [-0.1, -0.05) is 48.5 Å². The predicted octanol–water partition coefficient (Wildman–Crippen LogP) is 6.42. The van der Waals surface area contributed by atoms with Crippen molar-refractivity contribution in [2.24, 2.45) is 0 Å². The summed E-state index contributed by atoms with van der Waals surface area (Å²) in [6.07, 6.45) is 0. The number of ether oxygens (including phenoxy) is 20. The fourth-order valence-corrected chi connectivity index (χ4v) is 9.78. The van der Waals surface area contributed by atoms with Gasteiger partial charge in [0.05, 0.1) is 219 Å². The molecule has 0 N–H and O–H groups in total. The van der Waals surface area contributed by atoms with Gasteiger partial charge in [0.15, 0.2) is 0 Å². The SMILES string of the molecule is COCCOCCOCCOCCOc1cccc2c1-c1nc-2nc2[n-]c(nc3nc(nc4[n-]c(n1)c1cccc(OCCOCCOCCOCCOC)c41)-c1c(OCCOCCOCCOCCOC)cccc1-3)c1cccc(OCCOCCOCCOCCOC)c21.[Zn+2]. The van der Waals surface area contributed by atoms with Crippen LogP contribution in [0.25, 0.3) is 89.7 Å². The minimum Gasteiger partial charge on any atom is -0.491 e. The summed E-state index contributed by atoms with van der Waals surface area (Å²) in [5.74, 6) is 3.12. The summed E-state index contributed by atoms with van der Waals surface area (Å²) in [5.41, 5.74) is 3.57.